The third-order valence-corrected chi connectivity index (χ3v) is 19.2. The van der Waals surface area contributed by atoms with Gasteiger partial charge in [-0.25, -0.2) is 0 Å². The molecule has 0 aromatic heterocycles. The Bertz CT molecular complexity index is 3680. The Labute approximate surface area is 423 Å². The van der Waals surface area contributed by atoms with Gasteiger partial charge in [0.25, 0.3) is 0 Å². The van der Waals surface area contributed by atoms with E-state index in [-0.39, 0.29) is 6.04 Å². The number of ether oxygens (including phenoxy) is 2. The van der Waals surface area contributed by atoms with Crippen LogP contribution >= 0.6 is 10.0 Å². The standard InChI is InChI=1S/C68H49NO2S/c1-5-21-47(22-6-1)46-72(52-27-9-3-10-28-52,53-29-11-4-12-30-53)54-41-39-48(40-42-54)49-23-19-26-51(45-49)69(50-24-7-2-8-25-50)62-37-20-38-63-66(62)71-67-64(70-63)44-43-61-65(67)57-33-15-18-36-60(57)68(61)58-34-16-13-31-55(58)56-32-14-17-35-59(56)68/h1-24,26-45,50H,25,46H2. The average molecular weight is 944 g/mol. The summed E-state index contributed by atoms with van der Waals surface area (Å²) in [6, 6.07) is 89.1. The largest absolute Gasteiger partial charge is 0.449 e. The van der Waals surface area contributed by atoms with Crippen molar-refractivity contribution in [3.63, 3.8) is 0 Å². The van der Waals surface area contributed by atoms with Gasteiger partial charge < -0.3 is 14.4 Å². The highest BCUT2D eigenvalue weighted by molar-refractivity contribution is 8.33. The number of anilines is 2. The Kier molecular flexibility index (Phi) is 10.0. The first kappa shape index (κ1) is 42.3. The van der Waals surface area contributed by atoms with Gasteiger partial charge in [0.05, 0.1) is 17.1 Å². The van der Waals surface area contributed by atoms with Gasteiger partial charge in [0.1, 0.15) is 0 Å². The van der Waals surface area contributed by atoms with Crippen molar-refractivity contribution in [1.29, 1.82) is 0 Å². The Balaban J connectivity index is 0.876. The molecule has 14 rings (SSSR count). The lowest BCUT2D eigenvalue weighted by Crippen LogP contribution is -2.30. The van der Waals surface area contributed by atoms with Crippen LogP contribution in [0.1, 0.15) is 34.2 Å². The summed E-state index contributed by atoms with van der Waals surface area (Å²) in [5.41, 5.74) is 15.1. The number of allylic oxidation sites excluding steroid dienone is 2. The van der Waals surface area contributed by atoms with Crippen LogP contribution in [-0.4, -0.2) is 6.04 Å². The minimum Gasteiger partial charge on any atom is -0.449 e. The summed E-state index contributed by atoms with van der Waals surface area (Å²) in [7, 11) is -1.69. The second kappa shape index (κ2) is 17.1. The lowest BCUT2D eigenvalue weighted by Gasteiger charge is -2.42. The van der Waals surface area contributed by atoms with Gasteiger partial charge in [-0.15, -0.1) is 0 Å². The van der Waals surface area contributed by atoms with Crippen molar-refractivity contribution in [2.45, 2.75) is 38.3 Å². The third-order valence-electron chi connectivity index (χ3n) is 15.2. The van der Waals surface area contributed by atoms with Gasteiger partial charge in [0.2, 0.25) is 0 Å². The molecule has 10 aromatic rings. The molecule has 344 valence electrons. The Hall–Kier alpha value is -8.57. The molecule has 10 aromatic carbocycles. The van der Waals surface area contributed by atoms with E-state index in [0.717, 1.165) is 51.7 Å². The highest BCUT2D eigenvalue weighted by atomic mass is 32.3. The van der Waals surface area contributed by atoms with Crippen LogP contribution in [0.2, 0.25) is 0 Å². The Morgan fingerprint density at radius 3 is 1.69 bits per heavy atom. The number of hydrogen-bond acceptors (Lipinski definition) is 3. The maximum atomic E-state index is 7.45. The summed E-state index contributed by atoms with van der Waals surface area (Å²) in [4.78, 5) is 6.47. The van der Waals surface area contributed by atoms with Gasteiger partial charge in [-0.2, -0.15) is 10.0 Å². The predicted octanol–water partition coefficient (Wildman–Crippen LogP) is 18.1. The molecule has 0 saturated carbocycles. The quantitative estimate of drug-likeness (QED) is 0.144. The zero-order chi connectivity index (χ0) is 47.6. The smallest absolute Gasteiger partial charge is 0.193 e. The molecular weight excluding hydrogens is 895 g/mol. The molecule has 3 nitrogen and oxygen atoms in total. The first-order chi connectivity index (χ1) is 35.7. The summed E-state index contributed by atoms with van der Waals surface area (Å²) < 4.78 is 14.4. The van der Waals surface area contributed by atoms with Gasteiger partial charge >= 0.3 is 0 Å². The summed E-state index contributed by atoms with van der Waals surface area (Å²) in [5.74, 6) is 3.79. The first-order valence-corrected chi connectivity index (χ1v) is 26.7. The highest BCUT2D eigenvalue weighted by Crippen LogP contribution is 2.71. The summed E-state index contributed by atoms with van der Waals surface area (Å²) >= 11 is 0. The van der Waals surface area contributed by atoms with Crippen molar-refractivity contribution in [2.24, 2.45) is 0 Å². The van der Waals surface area contributed by atoms with Crippen molar-refractivity contribution in [1.82, 2.24) is 0 Å². The van der Waals surface area contributed by atoms with Gasteiger partial charge in [0.15, 0.2) is 23.0 Å². The molecule has 0 saturated heterocycles. The van der Waals surface area contributed by atoms with Gasteiger partial charge in [-0.3, -0.25) is 0 Å². The summed E-state index contributed by atoms with van der Waals surface area (Å²) in [6.45, 7) is 0. The van der Waals surface area contributed by atoms with Crippen LogP contribution in [0.4, 0.5) is 11.4 Å². The molecule has 0 radical (unpaired) electrons. The molecule has 1 aliphatic heterocycles. The molecule has 4 aliphatic rings. The van der Waals surface area contributed by atoms with E-state index in [4.69, 9.17) is 9.47 Å². The second-order valence-corrected chi connectivity index (χ2v) is 22.2. The van der Waals surface area contributed by atoms with Crippen LogP contribution in [0.25, 0.3) is 33.4 Å². The van der Waals surface area contributed by atoms with E-state index in [0.29, 0.717) is 11.5 Å². The number of fused-ring (bicyclic) bond motifs is 13. The van der Waals surface area contributed by atoms with E-state index >= 15 is 0 Å². The summed E-state index contributed by atoms with van der Waals surface area (Å²) in [6.07, 6.45) is 9.70. The number of hydrogen-bond donors (Lipinski definition) is 0. The lowest BCUT2D eigenvalue weighted by atomic mass is 9.70. The van der Waals surface area contributed by atoms with Crippen LogP contribution in [0.3, 0.4) is 0 Å². The minimum absolute atomic E-state index is 0.0278. The SMILES string of the molecule is C1=CCC(N(c2cccc(-c3ccc(S(Cc4ccccc4)(c4ccccc4)c4ccccc4)cc3)c2)c2cccc3c2Oc2c(ccc4c2-c2ccccc2C42c4ccccc4-c4ccccc42)O3)C=C1. The summed E-state index contributed by atoms with van der Waals surface area (Å²) in [5, 5.41) is 0. The van der Waals surface area contributed by atoms with E-state index < -0.39 is 15.4 Å². The first-order valence-electron chi connectivity index (χ1n) is 24.9. The molecule has 1 unspecified atom stereocenters. The monoisotopic (exact) mass is 943 g/mol. The molecule has 1 atom stereocenters. The van der Waals surface area contributed by atoms with E-state index in [1.807, 2.05) is 6.07 Å². The van der Waals surface area contributed by atoms with Gasteiger partial charge in [-0.05, 0) is 143 Å². The van der Waals surface area contributed by atoms with Crippen LogP contribution in [0.5, 0.6) is 23.0 Å². The van der Waals surface area contributed by atoms with Crippen molar-refractivity contribution in [3.8, 4) is 56.4 Å². The van der Waals surface area contributed by atoms with Gasteiger partial charge in [0, 0.05) is 17.0 Å². The highest BCUT2D eigenvalue weighted by Gasteiger charge is 2.53. The number of benzene rings is 10. The van der Waals surface area contributed by atoms with Crippen molar-refractivity contribution >= 4 is 21.4 Å². The molecule has 0 bridgehead atoms. The average Bonchev–Trinajstić information content (AvgIpc) is 3.93. The zero-order valence-corrected chi connectivity index (χ0v) is 40.4. The Morgan fingerprint density at radius 2 is 1.03 bits per heavy atom. The Morgan fingerprint density at radius 1 is 0.444 bits per heavy atom. The molecule has 3 aliphatic carbocycles. The maximum Gasteiger partial charge on any atom is 0.193 e. The molecule has 4 heteroatoms. The number of para-hydroxylation sites is 1. The van der Waals surface area contributed by atoms with Crippen LogP contribution in [0.15, 0.2) is 282 Å². The lowest BCUT2D eigenvalue weighted by molar-refractivity contribution is 0.360. The number of rotatable bonds is 9. The van der Waals surface area contributed by atoms with E-state index in [9.17, 15) is 0 Å². The van der Waals surface area contributed by atoms with E-state index in [1.54, 1.807) is 0 Å². The molecule has 72 heavy (non-hydrogen) atoms. The maximum absolute atomic E-state index is 7.45. The fourth-order valence-corrected chi connectivity index (χ4v) is 16.0. The number of nitrogens with zero attached hydrogens (tertiary/aromatic N) is 1. The van der Waals surface area contributed by atoms with Crippen molar-refractivity contribution in [2.75, 3.05) is 4.90 Å². The molecule has 0 fully saturated rings. The van der Waals surface area contributed by atoms with Crippen molar-refractivity contribution in [3.05, 3.63) is 295 Å². The second-order valence-electron chi connectivity index (χ2n) is 19.1. The predicted molar refractivity (Wildman–Crippen MR) is 295 cm³/mol. The molecular formula is C68H49NO2S. The van der Waals surface area contributed by atoms with Crippen LogP contribution in [-0.2, 0) is 11.2 Å². The van der Waals surface area contributed by atoms with Gasteiger partial charge in [-0.1, -0.05) is 200 Å². The molecule has 0 amide bonds. The van der Waals surface area contributed by atoms with E-state index in [2.05, 4.69) is 266 Å². The van der Waals surface area contributed by atoms with Crippen molar-refractivity contribution < 1.29 is 9.47 Å². The molecule has 0 N–H and O–H groups in total. The topological polar surface area (TPSA) is 21.7 Å². The van der Waals surface area contributed by atoms with Crippen LogP contribution in [0, 0.1) is 0 Å². The fourth-order valence-electron chi connectivity index (χ4n) is 12.2. The molecule has 1 heterocycles. The minimum atomic E-state index is -1.69. The fraction of sp³-hybridized carbons (Fsp3) is 0.0588. The van der Waals surface area contributed by atoms with E-state index in [1.165, 1.54) is 59.2 Å². The zero-order valence-electron chi connectivity index (χ0n) is 39.6. The third kappa shape index (κ3) is 6.45. The normalized spacial score (nSPS) is 15.2. The molecule has 1 spiro atoms. The van der Waals surface area contributed by atoms with Crippen LogP contribution < -0.4 is 14.4 Å².